The van der Waals surface area contributed by atoms with Crippen LogP contribution in [0.5, 0.6) is 0 Å². The van der Waals surface area contributed by atoms with Crippen molar-refractivity contribution >= 4 is 12.2 Å². The summed E-state index contributed by atoms with van der Waals surface area (Å²) in [6.07, 6.45) is 12.0. The first-order valence-corrected chi connectivity index (χ1v) is 6.03. The van der Waals surface area contributed by atoms with E-state index in [1.165, 1.54) is 49.3 Å². The van der Waals surface area contributed by atoms with Crippen LogP contribution >= 0.6 is 0 Å². The van der Waals surface area contributed by atoms with Crippen molar-refractivity contribution in [2.24, 2.45) is 0 Å². The Kier molecular flexibility index (Phi) is 2.37. The Hall–Kier alpha value is -1.02. The molecule has 0 atom stereocenters. The molecule has 1 aliphatic carbocycles. The van der Waals surface area contributed by atoms with Crippen molar-refractivity contribution in [3.63, 3.8) is 0 Å². The fraction of sp³-hybridized carbons (Fsp3) is 0.538. The average Bonchev–Trinajstić information content (AvgIpc) is 2.74. The molecule has 0 bridgehead atoms. The average molecular weight is 202 g/mol. The maximum atomic E-state index is 3.43. The third kappa shape index (κ3) is 1.63. The van der Waals surface area contributed by atoms with Gasteiger partial charge in [0.25, 0.3) is 0 Å². The molecule has 2 nitrogen and oxygen atoms in total. The van der Waals surface area contributed by atoms with E-state index in [0.29, 0.717) is 0 Å². The predicted octanol–water partition coefficient (Wildman–Crippen LogP) is 0.837. The predicted molar refractivity (Wildman–Crippen MR) is 63.1 cm³/mol. The molecule has 0 unspecified atom stereocenters. The Morgan fingerprint density at radius 2 is 1.87 bits per heavy atom. The van der Waals surface area contributed by atoms with E-state index in [4.69, 9.17) is 0 Å². The molecule has 1 aromatic heterocycles. The highest BCUT2D eigenvalue weighted by Gasteiger charge is 2.17. The summed E-state index contributed by atoms with van der Waals surface area (Å²) in [5, 5.41) is 6.28. The first-order chi connectivity index (χ1) is 7.45. The summed E-state index contributed by atoms with van der Waals surface area (Å²) in [6.45, 7) is 2.35. The highest BCUT2D eigenvalue weighted by atomic mass is 14.9. The molecule has 15 heavy (non-hydrogen) atoms. The van der Waals surface area contributed by atoms with E-state index in [-0.39, 0.29) is 0 Å². The number of aromatic nitrogens is 1. The highest BCUT2D eigenvalue weighted by Crippen LogP contribution is 2.21. The van der Waals surface area contributed by atoms with Gasteiger partial charge in [0.05, 0.1) is 0 Å². The van der Waals surface area contributed by atoms with Gasteiger partial charge in [0, 0.05) is 11.5 Å². The van der Waals surface area contributed by atoms with Gasteiger partial charge in [0.15, 0.2) is 0 Å². The molecule has 0 saturated carbocycles. The summed E-state index contributed by atoms with van der Waals surface area (Å²) < 4.78 is 0. The Bertz CT molecular complexity index is 449. The van der Waals surface area contributed by atoms with Gasteiger partial charge in [-0.25, -0.2) is 0 Å². The van der Waals surface area contributed by atoms with Crippen molar-refractivity contribution in [1.29, 1.82) is 0 Å². The number of rotatable bonds is 1. The van der Waals surface area contributed by atoms with Crippen molar-refractivity contribution < 1.29 is 0 Å². The van der Waals surface area contributed by atoms with E-state index >= 15 is 0 Å². The third-order valence-corrected chi connectivity index (χ3v) is 3.63. The normalized spacial score (nSPS) is 21.6. The molecule has 2 aliphatic rings. The van der Waals surface area contributed by atoms with Gasteiger partial charge in [-0.2, -0.15) is 0 Å². The molecular weight excluding hydrogens is 184 g/mol. The molecule has 0 amide bonds. The van der Waals surface area contributed by atoms with Crippen molar-refractivity contribution in [2.75, 3.05) is 13.1 Å². The van der Waals surface area contributed by atoms with Gasteiger partial charge in [-0.15, -0.1) is 0 Å². The van der Waals surface area contributed by atoms with Crippen LogP contribution in [0.25, 0.3) is 12.2 Å². The Balaban J connectivity index is 2.02. The minimum atomic E-state index is 0.772. The molecule has 0 aromatic carbocycles. The maximum Gasteiger partial charge on any atom is 0.0413 e. The Morgan fingerprint density at radius 1 is 1.07 bits per heavy atom. The van der Waals surface area contributed by atoms with E-state index < -0.39 is 0 Å². The molecule has 3 rings (SSSR count). The van der Waals surface area contributed by atoms with Gasteiger partial charge in [-0.1, -0.05) is 12.2 Å². The second-order valence-electron chi connectivity index (χ2n) is 4.58. The molecule has 1 saturated heterocycles. The summed E-state index contributed by atoms with van der Waals surface area (Å²) in [4.78, 5) is 3.42. The number of piperidine rings is 1. The summed E-state index contributed by atoms with van der Waals surface area (Å²) in [5.74, 6) is 0.772. The second-order valence-corrected chi connectivity index (χ2v) is 4.58. The standard InChI is InChI=1S/C13H18N2/c1-2-4-13-11(3-1)12(9-15-13)10-5-7-14-8-6-10/h3-4,9-10,14-15H,1-2,5-8H2. The van der Waals surface area contributed by atoms with Crippen molar-refractivity contribution in [3.05, 3.63) is 22.3 Å². The quantitative estimate of drug-likeness (QED) is 0.694. The lowest BCUT2D eigenvalue weighted by Crippen LogP contribution is -2.32. The van der Waals surface area contributed by atoms with Crippen LogP contribution in [-0.2, 0) is 0 Å². The third-order valence-electron chi connectivity index (χ3n) is 3.63. The van der Waals surface area contributed by atoms with E-state index in [1.54, 1.807) is 5.56 Å². The minimum Gasteiger partial charge on any atom is -0.361 e. The largest absolute Gasteiger partial charge is 0.361 e. The highest BCUT2D eigenvalue weighted by molar-refractivity contribution is 5.40. The van der Waals surface area contributed by atoms with Crippen LogP contribution < -0.4 is 15.9 Å². The van der Waals surface area contributed by atoms with Crippen LogP contribution in [0.3, 0.4) is 0 Å². The number of H-pyrrole nitrogens is 1. The Labute approximate surface area is 90.1 Å². The van der Waals surface area contributed by atoms with E-state index in [0.717, 1.165) is 5.92 Å². The van der Waals surface area contributed by atoms with E-state index in [2.05, 4.69) is 28.6 Å². The zero-order valence-corrected chi connectivity index (χ0v) is 9.05. The molecule has 2 N–H and O–H groups in total. The smallest absolute Gasteiger partial charge is 0.0413 e. The lowest BCUT2D eigenvalue weighted by molar-refractivity contribution is 0.459. The molecule has 2 heterocycles. The number of hydrogen-bond donors (Lipinski definition) is 2. The summed E-state index contributed by atoms with van der Waals surface area (Å²) >= 11 is 0. The summed E-state index contributed by atoms with van der Waals surface area (Å²) in [6, 6.07) is 0. The molecular formula is C13H18N2. The zero-order valence-electron chi connectivity index (χ0n) is 9.05. The van der Waals surface area contributed by atoms with Crippen molar-refractivity contribution in [1.82, 2.24) is 10.3 Å². The Morgan fingerprint density at radius 3 is 2.73 bits per heavy atom. The molecule has 2 heteroatoms. The van der Waals surface area contributed by atoms with Gasteiger partial charge in [-0.3, -0.25) is 0 Å². The molecule has 1 fully saturated rings. The van der Waals surface area contributed by atoms with Crippen molar-refractivity contribution in [2.45, 2.75) is 31.6 Å². The summed E-state index contributed by atoms with van der Waals surface area (Å²) in [7, 11) is 0. The van der Waals surface area contributed by atoms with Gasteiger partial charge in [0.1, 0.15) is 0 Å². The van der Waals surface area contributed by atoms with Crippen LogP contribution in [0.2, 0.25) is 0 Å². The van der Waals surface area contributed by atoms with Crippen molar-refractivity contribution in [3.8, 4) is 0 Å². The number of hydrogen-bond acceptors (Lipinski definition) is 1. The number of aromatic amines is 1. The molecule has 80 valence electrons. The van der Waals surface area contributed by atoms with Crippen LogP contribution in [-0.4, -0.2) is 18.1 Å². The van der Waals surface area contributed by atoms with Crippen LogP contribution in [0.15, 0.2) is 6.20 Å². The SMILES string of the molecule is C1=c2[nH]cc(C3CCNCC3)c2=CCC1. The van der Waals surface area contributed by atoms with Gasteiger partial charge >= 0.3 is 0 Å². The van der Waals surface area contributed by atoms with Crippen LogP contribution in [0.4, 0.5) is 0 Å². The fourth-order valence-corrected chi connectivity index (χ4v) is 2.79. The van der Waals surface area contributed by atoms with Crippen LogP contribution in [0, 0.1) is 0 Å². The lowest BCUT2D eigenvalue weighted by Gasteiger charge is -2.22. The molecule has 0 spiro atoms. The minimum absolute atomic E-state index is 0.772. The fourth-order valence-electron chi connectivity index (χ4n) is 2.79. The van der Waals surface area contributed by atoms with Crippen LogP contribution in [0.1, 0.15) is 37.2 Å². The molecule has 1 aromatic rings. The summed E-state index contributed by atoms with van der Waals surface area (Å²) in [5.41, 5.74) is 1.56. The van der Waals surface area contributed by atoms with Gasteiger partial charge < -0.3 is 10.3 Å². The topological polar surface area (TPSA) is 27.8 Å². The maximum absolute atomic E-state index is 3.43. The molecule has 0 radical (unpaired) electrons. The molecule has 1 aliphatic heterocycles. The lowest BCUT2D eigenvalue weighted by atomic mass is 9.90. The van der Waals surface area contributed by atoms with Gasteiger partial charge in [0.2, 0.25) is 0 Å². The first-order valence-electron chi connectivity index (χ1n) is 6.03. The van der Waals surface area contributed by atoms with Gasteiger partial charge in [-0.05, 0) is 55.5 Å². The van der Waals surface area contributed by atoms with E-state index in [9.17, 15) is 0 Å². The number of fused-ring (bicyclic) bond motifs is 1. The van der Waals surface area contributed by atoms with E-state index in [1.807, 2.05) is 0 Å². The zero-order chi connectivity index (χ0) is 10.1. The number of nitrogens with one attached hydrogen (secondary N) is 2. The second kappa shape index (κ2) is 3.86. The monoisotopic (exact) mass is 202 g/mol. The first kappa shape index (κ1) is 9.22.